The van der Waals surface area contributed by atoms with Crippen molar-refractivity contribution < 1.29 is 138 Å². The van der Waals surface area contributed by atoms with Gasteiger partial charge in [0.05, 0.1) is 0 Å². The van der Waals surface area contributed by atoms with Gasteiger partial charge in [0, 0.05) is 24.0 Å². The SMILES string of the molecule is O=C(OC1c2cc(/C=C/C(F)(F)C(F)(F)C(F)(F)C(F)(F)C(F)(F)C(F)(F)F)ccc2-c2ccc(/C=C/C(F)(F)C(F)(F)C(F)(F)C(F)(F)C(F)(F)C(F)(F)F)cc21)ON1C(=O)CCC1=O. The van der Waals surface area contributed by atoms with Gasteiger partial charge in [0.2, 0.25) is 0 Å². The molecule has 0 saturated carbocycles. The molecule has 2 aromatic rings. The van der Waals surface area contributed by atoms with Crippen LogP contribution in [0.3, 0.4) is 0 Å². The first-order chi connectivity index (χ1) is 29.3. The van der Waals surface area contributed by atoms with E-state index in [2.05, 4.69) is 4.84 Å². The van der Waals surface area contributed by atoms with Gasteiger partial charge in [0.1, 0.15) is 0 Å². The van der Waals surface area contributed by atoms with Crippen LogP contribution >= 0.6 is 0 Å². The maximum Gasteiger partial charge on any atom is 0.534 e. The number of benzene rings is 2. The fourth-order valence-electron chi connectivity index (χ4n) is 5.61. The van der Waals surface area contributed by atoms with Gasteiger partial charge in [-0.2, -0.15) is 114 Å². The number of rotatable bonds is 14. The molecular formula is C34H15F26NO5. The van der Waals surface area contributed by atoms with Crippen LogP contribution in [0.4, 0.5) is 119 Å². The quantitative estimate of drug-likeness (QED) is 0.107. The molecule has 4 rings (SSSR count). The smallest absolute Gasteiger partial charge is 0.420 e. The molecule has 0 bridgehead atoms. The van der Waals surface area contributed by atoms with Gasteiger partial charge < -0.3 is 4.74 Å². The minimum absolute atomic E-state index is 0.213. The van der Waals surface area contributed by atoms with Crippen molar-refractivity contribution in [1.29, 1.82) is 0 Å². The number of fused-ring (bicyclic) bond motifs is 3. The number of imide groups is 1. The zero-order valence-electron chi connectivity index (χ0n) is 30.6. The first kappa shape index (κ1) is 53.1. The van der Waals surface area contributed by atoms with E-state index in [0.717, 1.165) is 0 Å². The van der Waals surface area contributed by atoms with E-state index in [4.69, 9.17) is 4.74 Å². The number of hydrogen-bond acceptors (Lipinski definition) is 5. The van der Waals surface area contributed by atoms with Gasteiger partial charge >= 0.3 is 77.7 Å². The highest BCUT2D eigenvalue weighted by Gasteiger charge is 2.92. The molecular weight excluding hydrogens is 996 g/mol. The highest BCUT2D eigenvalue weighted by molar-refractivity contribution is 6.01. The van der Waals surface area contributed by atoms with E-state index in [1.807, 2.05) is 0 Å². The third-order valence-electron chi connectivity index (χ3n) is 9.28. The second kappa shape index (κ2) is 15.8. The van der Waals surface area contributed by atoms with E-state index >= 15 is 0 Å². The lowest BCUT2D eigenvalue weighted by atomic mass is 9.93. The number of amides is 2. The third kappa shape index (κ3) is 8.00. The van der Waals surface area contributed by atoms with Gasteiger partial charge in [-0.05, 0) is 46.5 Å². The van der Waals surface area contributed by atoms with Crippen molar-refractivity contribution in [2.75, 3.05) is 0 Å². The lowest BCUT2D eigenvalue weighted by Crippen LogP contribution is -2.69. The van der Waals surface area contributed by atoms with Crippen molar-refractivity contribution in [1.82, 2.24) is 5.06 Å². The molecule has 0 atom stereocenters. The maximum atomic E-state index is 14.5. The van der Waals surface area contributed by atoms with Crippen molar-refractivity contribution in [3.05, 3.63) is 70.8 Å². The van der Waals surface area contributed by atoms with Crippen LogP contribution in [-0.4, -0.2) is 94.6 Å². The highest BCUT2D eigenvalue weighted by atomic mass is 19.4. The summed E-state index contributed by atoms with van der Waals surface area (Å²) in [5.74, 6) is -80.6. The number of allylic oxidation sites excluding steroid dienone is 2. The molecule has 1 heterocycles. The average Bonchev–Trinajstić information content (AvgIpc) is 3.64. The van der Waals surface area contributed by atoms with Gasteiger partial charge in [0.15, 0.2) is 6.10 Å². The van der Waals surface area contributed by atoms with Crippen molar-refractivity contribution >= 4 is 30.1 Å². The molecule has 66 heavy (non-hydrogen) atoms. The fraction of sp³-hybridized carbons (Fsp3) is 0.441. The van der Waals surface area contributed by atoms with Gasteiger partial charge in [-0.15, -0.1) is 0 Å². The lowest BCUT2D eigenvalue weighted by molar-refractivity contribution is -0.436. The molecule has 0 spiro atoms. The van der Waals surface area contributed by atoms with Crippen LogP contribution in [0.1, 0.15) is 41.2 Å². The Kier molecular flexibility index (Phi) is 12.7. The molecule has 0 N–H and O–H groups in total. The molecule has 32 heteroatoms. The lowest BCUT2D eigenvalue weighted by Gasteiger charge is -2.39. The fourth-order valence-corrected chi connectivity index (χ4v) is 5.61. The van der Waals surface area contributed by atoms with E-state index in [0.29, 0.717) is 36.4 Å². The largest absolute Gasteiger partial charge is 0.534 e. The van der Waals surface area contributed by atoms with E-state index in [1.54, 1.807) is 0 Å². The molecule has 1 fully saturated rings. The summed E-state index contributed by atoms with van der Waals surface area (Å²) in [5, 5.41) is -0.213. The monoisotopic (exact) mass is 1010 g/mol. The number of alkyl halides is 26. The molecule has 0 radical (unpaired) electrons. The zero-order chi connectivity index (χ0) is 51.3. The molecule has 1 saturated heterocycles. The van der Waals surface area contributed by atoms with E-state index in [1.165, 1.54) is 0 Å². The van der Waals surface area contributed by atoms with Crippen LogP contribution in [0.15, 0.2) is 48.6 Å². The average molecular weight is 1010 g/mol. The van der Waals surface area contributed by atoms with Crippen molar-refractivity contribution in [3.63, 3.8) is 0 Å². The van der Waals surface area contributed by atoms with Crippen LogP contribution < -0.4 is 0 Å². The molecule has 6 nitrogen and oxygen atoms in total. The van der Waals surface area contributed by atoms with Crippen LogP contribution in [0.2, 0.25) is 0 Å². The predicted molar refractivity (Wildman–Crippen MR) is 162 cm³/mol. The Morgan fingerprint density at radius 1 is 0.470 bits per heavy atom. The summed E-state index contributed by atoms with van der Waals surface area (Å²) in [6, 6.07) is 3.16. The van der Waals surface area contributed by atoms with Gasteiger partial charge in [-0.3, -0.25) is 14.4 Å². The van der Waals surface area contributed by atoms with Crippen LogP contribution in [-0.2, 0) is 19.2 Å². The maximum absolute atomic E-state index is 14.5. The predicted octanol–water partition coefficient (Wildman–Crippen LogP) is 12.5. The standard InChI is InChI=1S/C34H15F26NO5/c35-23(36,25(39,40)27(43,44)29(47,48)31(51,52)33(55,56)57)9-7-13-1-3-15-16-4-2-14(12-18(16)21(17(15)11-13)65-22(64)66-61-19(62)5-6-20(61)63)8-10-24(37,38)26(41,42)28(45,46)30(49,50)32(53,54)34(58,59)60/h1-4,7-12,21H,5-6H2/b9-7+,10-8+. The topological polar surface area (TPSA) is 72.9 Å². The van der Waals surface area contributed by atoms with Crippen LogP contribution in [0.25, 0.3) is 23.3 Å². The zero-order valence-corrected chi connectivity index (χ0v) is 30.6. The second-order valence-corrected chi connectivity index (χ2v) is 13.6. The Morgan fingerprint density at radius 3 is 1.08 bits per heavy atom. The number of carbonyl (C=O) groups is 3. The Balaban J connectivity index is 1.78. The van der Waals surface area contributed by atoms with E-state index in [-0.39, 0.29) is 5.06 Å². The minimum Gasteiger partial charge on any atom is -0.420 e. The number of carbonyl (C=O) groups excluding carboxylic acids is 3. The summed E-state index contributed by atoms with van der Waals surface area (Å²) in [4.78, 5) is 40.9. The number of hydroxylamine groups is 2. The normalized spacial score (nSPS) is 17.0. The van der Waals surface area contributed by atoms with Gasteiger partial charge in [-0.1, -0.05) is 41.5 Å². The summed E-state index contributed by atoms with van der Waals surface area (Å²) in [6.07, 6.45) is -24.7. The van der Waals surface area contributed by atoms with Crippen molar-refractivity contribution in [2.45, 2.75) is 90.5 Å². The Hall–Kier alpha value is -5.49. The molecule has 1 aliphatic heterocycles. The number of nitrogens with zero attached hydrogens (tertiary/aromatic N) is 1. The second-order valence-electron chi connectivity index (χ2n) is 13.6. The van der Waals surface area contributed by atoms with Crippen LogP contribution in [0, 0.1) is 0 Å². The first-order valence-corrected chi connectivity index (χ1v) is 16.6. The van der Waals surface area contributed by atoms with Crippen molar-refractivity contribution in [2.24, 2.45) is 0 Å². The summed E-state index contributed by atoms with van der Waals surface area (Å²) >= 11 is 0. The first-order valence-electron chi connectivity index (χ1n) is 16.6. The highest BCUT2D eigenvalue weighted by Crippen LogP contribution is 2.62. The summed E-state index contributed by atoms with van der Waals surface area (Å²) in [5.41, 5.74) is -4.29. The summed E-state index contributed by atoms with van der Waals surface area (Å²) < 4.78 is 358. The Bertz CT molecular complexity index is 2160. The molecule has 0 unspecified atom stereocenters. The molecule has 2 aromatic carbocycles. The Morgan fingerprint density at radius 2 is 0.773 bits per heavy atom. The third-order valence-corrected chi connectivity index (χ3v) is 9.28. The molecule has 1 aliphatic carbocycles. The summed E-state index contributed by atoms with van der Waals surface area (Å²) in [7, 11) is 0. The molecule has 368 valence electrons. The van der Waals surface area contributed by atoms with Crippen LogP contribution in [0.5, 0.6) is 0 Å². The number of halogens is 26. The molecule has 0 aromatic heterocycles. The minimum atomic E-state index is -8.26. The molecule has 2 amide bonds. The van der Waals surface area contributed by atoms with Gasteiger partial charge in [0.25, 0.3) is 11.8 Å². The van der Waals surface area contributed by atoms with Crippen molar-refractivity contribution in [3.8, 4) is 11.1 Å². The number of ether oxygens (including phenoxy) is 1. The summed E-state index contributed by atoms with van der Waals surface area (Å²) in [6.45, 7) is 0. The van der Waals surface area contributed by atoms with Gasteiger partial charge in [-0.25, -0.2) is 4.79 Å². The Labute approximate surface area is 346 Å². The van der Waals surface area contributed by atoms with E-state index < -0.39 is 166 Å². The molecule has 2 aliphatic rings. The van der Waals surface area contributed by atoms with E-state index in [9.17, 15) is 129 Å². The number of hydrogen-bond donors (Lipinski definition) is 0.